The molecule has 2 rings (SSSR count). The molecule has 0 aliphatic carbocycles. The molecule has 20 heavy (non-hydrogen) atoms. The maximum absolute atomic E-state index is 12.5. The monoisotopic (exact) mass is 298 g/mol. The summed E-state index contributed by atoms with van der Waals surface area (Å²) < 4.78 is 26.2. The molecule has 0 radical (unpaired) electrons. The molecule has 1 aliphatic rings. The Morgan fingerprint density at radius 1 is 1.45 bits per heavy atom. The van der Waals surface area contributed by atoms with E-state index in [2.05, 4.69) is 5.32 Å². The number of hydrogen-bond donors (Lipinski definition) is 2. The van der Waals surface area contributed by atoms with Crippen LogP contribution in [0.15, 0.2) is 23.1 Å². The summed E-state index contributed by atoms with van der Waals surface area (Å²) >= 11 is 0. The van der Waals surface area contributed by atoms with Crippen LogP contribution in [0.2, 0.25) is 0 Å². The van der Waals surface area contributed by atoms with Crippen LogP contribution in [0.25, 0.3) is 0 Å². The van der Waals surface area contributed by atoms with Crippen molar-refractivity contribution < 1.29 is 13.5 Å². The van der Waals surface area contributed by atoms with Gasteiger partial charge in [0.05, 0.1) is 11.0 Å². The van der Waals surface area contributed by atoms with Crippen molar-refractivity contribution in [3.63, 3.8) is 0 Å². The number of sulfonamides is 1. The van der Waals surface area contributed by atoms with Gasteiger partial charge in [-0.1, -0.05) is 0 Å². The Bertz CT molecular complexity index is 570. The first-order valence-electron chi connectivity index (χ1n) is 6.92. The van der Waals surface area contributed by atoms with Crippen LogP contribution in [0.3, 0.4) is 0 Å². The minimum atomic E-state index is -3.47. The molecule has 0 amide bonds. The van der Waals surface area contributed by atoms with E-state index in [1.54, 1.807) is 26.1 Å². The molecule has 2 N–H and O–H groups in total. The van der Waals surface area contributed by atoms with Crippen molar-refractivity contribution in [3.8, 4) is 0 Å². The second kappa shape index (κ2) is 6.11. The molecule has 0 aromatic heterocycles. The number of aliphatic hydroxyl groups excluding tert-OH is 1. The van der Waals surface area contributed by atoms with Crippen LogP contribution in [-0.4, -0.2) is 44.1 Å². The Morgan fingerprint density at radius 3 is 2.90 bits per heavy atom. The first-order chi connectivity index (χ1) is 9.41. The van der Waals surface area contributed by atoms with Gasteiger partial charge in [-0.2, -0.15) is 0 Å². The molecule has 5 nitrogen and oxygen atoms in total. The molecule has 0 spiro atoms. The van der Waals surface area contributed by atoms with Crippen LogP contribution < -0.4 is 5.32 Å². The normalized spacial score (nSPS) is 16.6. The number of benzene rings is 1. The molecular formula is C14H22N2O3S. The highest BCUT2D eigenvalue weighted by molar-refractivity contribution is 7.89. The van der Waals surface area contributed by atoms with Crippen molar-refractivity contribution in [2.45, 2.75) is 37.2 Å². The highest BCUT2D eigenvalue weighted by Gasteiger charge is 2.22. The molecule has 0 fully saturated rings. The minimum absolute atomic E-state index is 0.315. The third-order valence-electron chi connectivity index (χ3n) is 3.58. The summed E-state index contributed by atoms with van der Waals surface area (Å²) in [5.74, 6) is 0. The number of nitrogens with one attached hydrogen (secondary N) is 1. The fraction of sp³-hybridized carbons (Fsp3) is 0.571. The fourth-order valence-corrected chi connectivity index (χ4v) is 3.52. The second-order valence-electron chi connectivity index (χ2n) is 5.31. The average Bonchev–Trinajstić information content (AvgIpc) is 2.44. The van der Waals surface area contributed by atoms with Gasteiger partial charge in [0.25, 0.3) is 0 Å². The Kier molecular flexibility index (Phi) is 4.67. The molecule has 0 saturated carbocycles. The number of anilines is 1. The molecule has 1 aromatic rings. The summed E-state index contributed by atoms with van der Waals surface area (Å²) in [4.78, 5) is 0.327. The van der Waals surface area contributed by atoms with Crippen LogP contribution >= 0.6 is 0 Å². The van der Waals surface area contributed by atoms with E-state index in [0.717, 1.165) is 30.6 Å². The van der Waals surface area contributed by atoms with Gasteiger partial charge < -0.3 is 10.4 Å². The Morgan fingerprint density at radius 2 is 2.20 bits per heavy atom. The zero-order valence-corrected chi connectivity index (χ0v) is 12.8. The van der Waals surface area contributed by atoms with Crippen molar-refractivity contribution >= 4 is 15.7 Å². The number of hydrogen-bond acceptors (Lipinski definition) is 4. The third-order valence-corrected chi connectivity index (χ3v) is 5.44. The van der Waals surface area contributed by atoms with Gasteiger partial charge in [-0.05, 0) is 49.9 Å². The number of fused-ring (bicyclic) bond motifs is 1. The zero-order valence-electron chi connectivity index (χ0n) is 12.0. The van der Waals surface area contributed by atoms with Gasteiger partial charge in [-0.3, -0.25) is 0 Å². The van der Waals surface area contributed by atoms with Gasteiger partial charge >= 0.3 is 0 Å². The van der Waals surface area contributed by atoms with Crippen LogP contribution in [0.5, 0.6) is 0 Å². The topological polar surface area (TPSA) is 69.6 Å². The van der Waals surface area contributed by atoms with E-state index < -0.39 is 16.1 Å². The second-order valence-corrected chi connectivity index (χ2v) is 7.36. The molecular weight excluding hydrogens is 276 g/mol. The predicted molar refractivity (Wildman–Crippen MR) is 79.4 cm³/mol. The fourth-order valence-electron chi connectivity index (χ4n) is 2.28. The molecule has 1 aliphatic heterocycles. The molecule has 0 saturated heterocycles. The van der Waals surface area contributed by atoms with Crippen LogP contribution in [0.4, 0.5) is 5.69 Å². The predicted octanol–water partition coefficient (Wildman–Crippen LogP) is 1.44. The van der Waals surface area contributed by atoms with E-state index in [1.807, 2.05) is 6.07 Å². The van der Waals surface area contributed by atoms with Gasteiger partial charge in [0.15, 0.2) is 0 Å². The van der Waals surface area contributed by atoms with Crippen molar-refractivity contribution in [2.24, 2.45) is 0 Å². The lowest BCUT2D eigenvalue weighted by molar-refractivity contribution is 0.177. The first-order valence-corrected chi connectivity index (χ1v) is 8.36. The van der Waals surface area contributed by atoms with E-state index in [0.29, 0.717) is 17.9 Å². The molecule has 0 bridgehead atoms. The maximum Gasteiger partial charge on any atom is 0.242 e. The quantitative estimate of drug-likeness (QED) is 0.863. The molecule has 1 atom stereocenters. The van der Waals surface area contributed by atoms with E-state index >= 15 is 0 Å². The Labute approximate surface area is 120 Å². The zero-order chi connectivity index (χ0) is 14.8. The Hall–Kier alpha value is -1.11. The summed E-state index contributed by atoms with van der Waals surface area (Å²) in [6.07, 6.45) is 1.86. The van der Waals surface area contributed by atoms with Crippen molar-refractivity contribution in [2.75, 3.05) is 25.5 Å². The number of nitrogens with zero attached hydrogens (tertiary/aromatic N) is 1. The summed E-state index contributed by atoms with van der Waals surface area (Å²) in [6, 6.07) is 5.24. The standard InChI is InChI=1S/C14H22N2O3S/c1-11(17)7-9-16(2)20(18,19)13-5-6-14-12(10-13)4-3-8-15-14/h5-6,10-11,15,17H,3-4,7-9H2,1-2H3. The van der Waals surface area contributed by atoms with Gasteiger partial charge in [0, 0.05) is 25.8 Å². The highest BCUT2D eigenvalue weighted by atomic mass is 32.2. The highest BCUT2D eigenvalue weighted by Crippen LogP contribution is 2.26. The van der Waals surface area contributed by atoms with Crippen molar-refractivity contribution in [1.82, 2.24) is 4.31 Å². The Balaban J connectivity index is 2.20. The number of rotatable bonds is 5. The van der Waals surface area contributed by atoms with Gasteiger partial charge in [0.1, 0.15) is 0 Å². The molecule has 6 heteroatoms. The number of aryl methyl sites for hydroxylation is 1. The van der Waals surface area contributed by atoms with Crippen molar-refractivity contribution in [3.05, 3.63) is 23.8 Å². The molecule has 1 unspecified atom stereocenters. The first kappa shape index (κ1) is 15.3. The van der Waals surface area contributed by atoms with Crippen molar-refractivity contribution in [1.29, 1.82) is 0 Å². The largest absolute Gasteiger partial charge is 0.393 e. The van der Waals surface area contributed by atoms with E-state index in [1.165, 1.54) is 4.31 Å². The third kappa shape index (κ3) is 3.31. The van der Waals surface area contributed by atoms with E-state index in [9.17, 15) is 13.5 Å². The van der Waals surface area contributed by atoms with E-state index in [4.69, 9.17) is 0 Å². The van der Waals surface area contributed by atoms with Crippen LogP contribution in [0, 0.1) is 0 Å². The summed E-state index contributed by atoms with van der Waals surface area (Å²) in [5.41, 5.74) is 2.09. The SMILES string of the molecule is CC(O)CCN(C)S(=O)(=O)c1ccc2c(c1)CCCN2. The van der Waals surface area contributed by atoms with Gasteiger partial charge in [-0.25, -0.2) is 12.7 Å². The minimum Gasteiger partial charge on any atom is -0.393 e. The lowest BCUT2D eigenvalue weighted by Gasteiger charge is -2.21. The average molecular weight is 298 g/mol. The van der Waals surface area contributed by atoms with Crippen LogP contribution in [-0.2, 0) is 16.4 Å². The summed E-state index contributed by atoms with van der Waals surface area (Å²) in [6.45, 7) is 2.91. The summed E-state index contributed by atoms with van der Waals surface area (Å²) in [7, 11) is -1.92. The van der Waals surface area contributed by atoms with Gasteiger partial charge in [-0.15, -0.1) is 0 Å². The maximum atomic E-state index is 12.5. The van der Waals surface area contributed by atoms with E-state index in [-0.39, 0.29) is 0 Å². The summed E-state index contributed by atoms with van der Waals surface area (Å²) in [5, 5.41) is 12.5. The molecule has 112 valence electrons. The molecule has 1 aromatic carbocycles. The molecule has 1 heterocycles. The number of aliphatic hydroxyl groups is 1. The lowest BCUT2D eigenvalue weighted by Crippen LogP contribution is -2.29. The lowest BCUT2D eigenvalue weighted by atomic mass is 10.0. The van der Waals surface area contributed by atoms with Gasteiger partial charge in [0.2, 0.25) is 10.0 Å². The van der Waals surface area contributed by atoms with Crippen LogP contribution in [0.1, 0.15) is 25.3 Å². The smallest absolute Gasteiger partial charge is 0.242 e.